The monoisotopic (exact) mass is 409 g/mol. The van der Waals surface area contributed by atoms with E-state index in [1.165, 1.54) is 11.0 Å². The summed E-state index contributed by atoms with van der Waals surface area (Å²) < 4.78 is 3.14. The number of rotatable bonds is 6. The van der Waals surface area contributed by atoms with Gasteiger partial charge in [-0.2, -0.15) is 5.10 Å². The molecule has 3 aromatic rings. The second-order valence-corrected chi connectivity index (χ2v) is 8.12. The van der Waals surface area contributed by atoms with Crippen LogP contribution in [0.25, 0.3) is 5.52 Å². The standard InChI is InChI=1S/C21H27N7O2/c1-14(2)20-26-28(12-19(29)25-18-5-8-23-13-24-18)21(30)17-10-16(11-27(17)20)9-15-3-6-22-7-4-15/h5,8,10-11,13-15,22H,3-4,6-7,9,12H2,1-2H3,(H,23,24,25,29). The summed E-state index contributed by atoms with van der Waals surface area (Å²) in [4.78, 5) is 33.3. The van der Waals surface area contributed by atoms with Crippen LogP contribution in [0.3, 0.4) is 0 Å². The fourth-order valence-corrected chi connectivity index (χ4v) is 3.94. The van der Waals surface area contributed by atoms with E-state index in [9.17, 15) is 9.59 Å². The smallest absolute Gasteiger partial charge is 0.291 e. The summed E-state index contributed by atoms with van der Waals surface area (Å²) in [6, 6.07) is 3.55. The zero-order valence-electron chi connectivity index (χ0n) is 17.3. The number of carbonyl (C=O) groups excluding carboxylic acids is 1. The van der Waals surface area contributed by atoms with Gasteiger partial charge in [0, 0.05) is 18.3 Å². The third-order valence-corrected chi connectivity index (χ3v) is 5.44. The molecule has 0 bridgehead atoms. The normalized spacial score (nSPS) is 15.0. The van der Waals surface area contributed by atoms with Crippen molar-refractivity contribution < 1.29 is 4.79 Å². The maximum absolute atomic E-state index is 13.1. The molecule has 30 heavy (non-hydrogen) atoms. The summed E-state index contributed by atoms with van der Waals surface area (Å²) in [7, 11) is 0. The van der Waals surface area contributed by atoms with Gasteiger partial charge in [0.15, 0.2) is 0 Å². The van der Waals surface area contributed by atoms with Crippen molar-refractivity contribution in [3.05, 3.63) is 52.6 Å². The molecule has 3 aromatic heterocycles. The van der Waals surface area contributed by atoms with E-state index >= 15 is 0 Å². The molecule has 0 unspecified atom stereocenters. The Morgan fingerprint density at radius 3 is 2.83 bits per heavy atom. The molecule has 4 heterocycles. The minimum Gasteiger partial charge on any atom is -0.317 e. The number of nitrogens with one attached hydrogen (secondary N) is 2. The molecule has 0 radical (unpaired) electrons. The minimum absolute atomic E-state index is 0.100. The van der Waals surface area contributed by atoms with Gasteiger partial charge in [0.25, 0.3) is 5.56 Å². The zero-order valence-corrected chi connectivity index (χ0v) is 17.3. The molecular weight excluding hydrogens is 382 g/mol. The minimum atomic E-state index is -0.358. The van der Waals surface area contributed by atoms with Gasteiger partial charge in [0.05, 0.1) is 0 Å². The molecule has 0 spiro atoms. The van der Waals surface area contributed by atoms with Gasteiger partial charge in [0.2, 0.25) is 5.91 Å². The molecule has 1 saturated heterocycles. The number of amides is 1. The second kappa shape index (κ2) is 8.74. The summed E-state index contributed by atoms with van der Waals surface area (Å²) in [5.41, 5.74) is 1.44. The number of fused-ring (bicyclic) bond motifs is 1. The van der Waals surface area contributed by atoms with Crippen LogP contribution in [0.1, 0.15) is 44.0 Å². The van der Waals surface area contributed by atoms with Crippen molar-refractivity contribution >= 4 is 17.2 Å². The lowest BCUT2D eigenvalue weighted by molar-refractivity contribution is -0.117. The van der Waals surface area contributed by atoms with Crippen molar-refractivity contribution in [1.29, 1.82) is 0 Å². The van der Waals surface area contributed by atoms with Gasteiger partial charge in [-0.05, 0) is 56.0 Å². The van der Waals surface area contributed by atoms with E-state index in [0.29, 0.717) is 17.3 Å². The Balaban J connectivity index is 1.62. The fourth-order valence-electron chi connectivity index (χ4n) is 3.94. The van der Waals surface area contributed by atoms with E-state index in [0.717, 1.165) is 43.7 Å². The molecule has 9 heteroatoms. The molecule has 0 atom stereocenters. The Kier molecular flexibility index (Phi) is 5.89. The molecule has 2 N–H and O–H groups in total. The Morgan fingerprint density at radius 1 is 1.33 bits per heavy atom. The Bertz CT molecular complexity index is 1080. The summed E-state index contributed by atoms with van der Waals surface area (Å²) in [6.45, 7) is 5.98. The quantitative estimate of drug-likeness (QED) is 0.640. The largest absolute Gasteiger partial charge is 0.317 e. The zero-order chi connectivity index (χ0) is 21.1. The van der Waals surface area contributed by atoms with Crippen molar-refractivity contribution in [3.63, 3.8) is 0 Å². The van der Waals surface area contributed by atoms with Crippen LogP contribution in [-0.2, 0) is 17.8 Å². The average Bonchev–Trinajstić information content (AvgIpc) is 3.15. The van der Waals surface area contributed by atoms with E-state index in [1.54, 1.807) is 12.3 Å². The number of aromatic nitrogens is 5. The van der Waals surface area contributed by atoms with Crippen LogP contribution in [0.5, 0.6) is 0 Å². The van der Waals surface area contributed by atoms with Crippen molar-refractivity contribution in [2.24, 2.45) is 5.92 Å². The highest BCUT2D eigenvalue weighted by Gasteiger charge is 2.19. The lowest BCUT2D eigenvalue weighted by Crippen LogP contribution is -2.32. The molecule has 158 valence electrons. The number of hydrogen-bond donors (Lipinski definition) is 2. The summed E-state index contributed by atoms with van der Waals surface area (Å²) in [6.07, 6.45) is 8.18. The molecule has 4 rings (SSSR count). The first-order valence-electron chi connectivity index (χ1n) is 10.4. The molecule has 0 aliphatic carbocycles. The van der Waals surface area contributed by atoms with E-state index in [2.05, 4.69) is 25.7 Å². The number of nitrogens with zero attached hydrogens (tertiary/aromatic N) is 5. The van der Waals surface area contributed by atoms with Gasteiger partial charge in [-0.3, -0.25) is 14.0 Å². The van der Waals surface area contributed by atoms with Gasteiger partial charge in [0.1, 0.15) is 30.0 Å². The highest BCUT2D eigenvalue weighted by molar-refractivity contribution is 5.89. The van der Waals surface area contributed by atoms with Crippen LogP contribution in [0, 0.1) is 5.92 Å². The van der Waals surface area contributed by atoms with Gasteiger partial charge < -0.3 is 10.6 Å². The topological polar surface area (TPSA) is 106 Å². The van der Waals surface area contributed by atoms with E-state index < -0.39 is 0 Å². The van der Waals surface area contributed by atoms with E-state index in [-0.39, 0.29) is 23.9 Å². The second-order valence-electron chi connectivity index (χ2n) is 8.12. The molecule has 1 fully saturated rings. The Labute approximate surface area is 174 Å². The summed E-state index contributed by atoms with van der Waals surface area (Å²) >= 11 is 0. The molecule has 0 aromatic carbocycles. The fraction of sp³-hybridized carbons (Fsp3) is 0.476. The van der Waals surface area contributed by atoms with Crippen molar-refractivity contribution in [3.8, 4) is 0 Å². The predicted octanol–water partition coefficient (Wildman–Crippen LogP) is 1.59. The SMILES string of the molecule is CC(C)c1nn(CC(=O)Nc2ccncn2)c(=O)c2cc(CC3CCNCC3)cn12. The first kappa shape index (κ1) is 20.2. The number of carbonyl (C=O) groups is 1. The number of piperidine rings is 1. The van der Waals surface area contributed by atoms with Crippen LogP contribution in [-0.4, -0.2) is 43.1 Å². The third kappa shape index (κ3) is 4.40. The van der Waals surface area contributed by atoms with Gasteiger partial charge >= 0.3 is 0 Å². The third-order valence-electron chi connectivity index (χ3n) is 5.44. The van der Waals surface area contributed by atoms with Crippen molar-refractivity contribution in [2.75, 3.05) is 18.4 Å². The molecule has 1 aliphatic rings. The van der Waals surface area contributed by atoms with Crippen molar-refractivity contribution in [1.82, 2.24) is 29.5 Å². The maximum Gasteiger partial charge on any atom is 0.291 e. The Morgan fingerprint density at radius 2 is 2.13 bits per heavy atom. The van der Waals surface area contributed by atoms with Gasteiger partial charge in [-0.1, -0.05) is 13.8 Å². The van der Waals surface area contributed by atoms with Crippen molar-refractivity contribution in [2.45, 2.75) is 45.6 Å². The van der Waals surface area contributed by atoms with E-state index in [1.807, 2.05) is 30.5 Å². The van der Waals surface area contributed by atoms with E-state index in [4.69, 9.17) is 0 Å². The van der Waals surface area contributed by atoms with Crippen LogP contribution in [0.4, 0.5) is 5.82 Å². The lowest BCUT2D eigenvalue weighted by Gasteiger charge is -2.21. The number of anilines is 1. The van der Waals surface area contributed by atoms with Crippen LogP contribution in [0.2, 0.25) is 0 Å². The summed E-state index contributed by atoms with van der Waals surface area (Å²) in [5.74, 6) is 1.52. The maximum atomic E-state index is 13.1. The number of hydrogen-bond acceptors (Lipinski definition) is 6. The van der Waals surface area contributed by atoms with Crippen LogP contribution < -0.4 is 16.2 Å². The lowest BCUT2D eigenvalue weighted by atomic mass is 9.92. The van der Waals surface area contributed by atoms with Crippen LogP contribution in [0.15, 0.2) is 35.6 Å². The highest BCUT2D eigenvalue weighted by Crippen LogP contribution is 2.21. The summed E-state index contributed by atoms with van der Waals surface area (Å²) in [5, 5.41) is 10.6. The molecule has 9 nitrogen and oxygen atoms in total. The Hall–Kier alpha value is -3.07. The van der Waals surface area contributed by atoms with Gasteiger partial charge in [-0.15, -0.1) is 0 Å². The first-order chi connectivity index (χ1) is 14.5. The predicted molar refractivity (Wildman–Crippen MR) is 114 cm³/mol. The molecule has 0 saturated carbocycles. The van der Waals surface area contributed by atoms with Gasteiger partial charge in [-0.25, -0.2) is 14.6 Å². The molecule has 1 amide bonds. The average molecular weight is 409 g/mol. The molecule has 1 aliphatic heterocycles. The molecular formula is C21H27N7O2. The highest BCUT2D eigenvalue weighted by atomic mass is 16.2. The van der Waals surface area contributed by atoms with Crippen LogP contribution >= 0.6 is 0 Å². The first-order valence-corrected chi connectivity index (χ1v) is 10.4.